The minimum Gasteiger partial charge on any atom is -0.490 e. The van der Waals surface area contributed by atoms with Crippen molar-refractivity contribution in [2.24, 2.45) is 5.92 Å². The maximum Gasteiger partial charge on any atom is 0.339 e. The number of hydrogen-bond donors (Lipinski definition) is 1. The Balaban J connectivity index is 2.39. The molecule has 1 heterocycles. The summed E-state index contributed by atoms with van der Waals surface area (Å²) in [4.78, 5) is 11.4. The number of carboxylic acids is 1. The molecule has 6 nitrogen and oxygen atoms in total. The van der Waals surface area contributed by atoms with E-state index in [0.29, 0.717) is 19.0 Å². The zero-order valence-electron chi connectivity index (χ0n) is 13.7. The molecule has 1 aromatic carbocycles. The van der Waals surface area contributed by atoms with E-state index >= 15 is 0 Å². The first kappa shape index (κ1) is 17.7. The van der Waals surface area contributed by atoms with Gasteiger partial charge in [0.1, 0.15) is 11.3 Å². The van der Waals surface area contributed by atoms with Crippen LogP contribution in [0.3, 0.4) is 0 Å². The Bertz CT molecular complexity index is 684. The first-order valence-electron chi connectivity index (χ1n) is 7.76. The number of aromatic carboxylic acids is 1. The lowest BCUT2D eigenvalue weighted by atomic mass is 10.0. The standard InChI is InChI=1S/C16H23NO5S/c1-11(2)22-15-7-6-13(9-14(15)16(18)19)23(20,21)17-8-4-5-12(3)10-17/h6-7,9,11-12H,4-5,8,10H2,1-3H3,(H,18,19). The number of carboxylic acid groups (broad SMARTS) is 1. The van der Waals surface area contributed by atoms with Crippen molar-refractivity contribution in [3.05, 3.63) is 23.8 Å². The zero-order valence-corrected chi connectivity index (χ0v) is 14.5. The summed E-state index contributed by atoms with van der Waals surface area (Å²) in [6, 6.07) is 4.02. The number of carbonyl (C=O) groups is 1. The molecule has 0 aromatic heterocycles. The number of rotatable bonds is 5. The summed E-state index contributed by atoms with van der Waals surface area (Å²) in [5.41, 5.74) is -0.134. The molecule has 23 heavy (non-hydrogen) atoms. The maximum absolute atomic E-state index is 12.7. The third-order valence-electron chi connectivity index (χ3n) is 3.80. The van der Waals surface area contributed by atoms with Crippen molar-refractivity contribution in [1.29, 1.82) is 0 Å². The minimum atomic E-state index is -3.68. The Morgan fingerprint density at radius 3 is 2.65 bits per heavy atom. The quantitative estimate of drug-likeness (QED) is 0.890. The molecule has 128 valence electrons. The number of nitrogens with zero attached hydrogens (tertiary/aromatic N) is 1. The van der Waals surface area contributed by atoms with Gasteiger partial charge in [-0.1, -0.05) is 6.92 Å². The van der Waals surface area contributed by atoms with Crippen LogP contribution in [-0.4, -0.2) is 43.0 Å². The van der Waals surface area contributed by atoms with Crippen LogP contribution in [0, 0.1) is 5.92 Å². The monoisotopic (exact) mass is 341 g/mol. The second kappa shape index (κ2) is 6.88. The van der Waals surface area contributed by atoms with E-state index in [1.54, 1.807) is 13.8 Å². The lowest BCUT2D eigenvalue weighted by molar-refractivity contribution is 0.0690. The van der Waals surface area contributed by atoms with Gasteiger partial charge in [-0.3, -0.25) is 0 Å². The summed E-state index contributed by atoms with van der Waals surface area (Å²) in [5.74, 6) is -0.718. The first-order chi connectivity index (χ1) is 10.7. The number of piperidine rings is 1. The molecule has 1 saturated heterocycles. The van der Waals surface area contributed by atoms with Crippen molar-refractivity contribution in [1.82, 2.24) is 4.31 Å². The van der Waals surface area contributed by atoms with Gasteiger partial charge in [-0.15, -0.1) is 0 Å². The van der Waals surface area contributed by atoms with Crippen LogP contribution in [0.25, 0.3) is 0 Å². The van der Waals surface area contributed by atoms with Gasteiger partial charge in [0.2, 0.25) is 10.0 Å². The highest BCUT2D eigenvalue weighted by Crippen LogP contribution is 2.28. The molecule has 1 aliphatic rings. The van der Waals surface area contributed by atoms with Crippen LogP contribution in [0.4, 0.5) is 0 Å². The first-order valence-corrected chi connectivity index (χ1v) is 9.20. The summed E-state index contributed by atoms with van der Waals surface area (Å²) in [7, 11) is -3.68. The highest BCUT2D eigenvalue weighted by Gasteiger charge is 2.30. The van der Waals surface area contributed by atoms with Crippen molar-refractivity contribution >= 4 is 16.0 Å². The van der Waals surface area contributed by atoms with Crippen LogP contribution in [0.1, 0.15) is 44.0 Å². The fourth-order valence-electron chi connectivity index (χ4n) is 2.71. The topological polar surface area (TPSA) is 83.9 Å². The average Bonchev–Trinajstić information content (AvgIpc) is 2.46. The fraction of sp³-hybridized carbons (Fsp3) is 0.562. The molecule has 0 spiro atoms. The molecule has 7 heteroatoms. The zero-order chi connectivity index (χ0) is 17.2. The summed E-state index contributed by atoms with van der Waals surface area (Å²) < 4.78 is 32.3. The summed E-state index contributed by atoms with van der Waals surface area (Å²) in [6.07, 6.45) is 1.63. The minimum absolute atomic E-state index is 0.0000983. The van der Waals surface area contributed by atoms with Crippen molar-refractivity contribution in [3.8, 4) is 5.75 Å². The van der Waals surface area contributed by atoms with Gasteiger partial charge in [-0.05, 0) is 50.8 Å². The lowest BCUT2D eigenvalue weighted by Crippen LogP contribution is -2.39. The molecule has 0 aliphatic carbocycles. The smallest absolute Gasteiger partial charge is 0.339 e. The predicted octanol–water partition coefficient (Wildman–Crippen LogP) is 2.59. The molecule has 1 fully saturated rings. The van der Waals surface area contributed by atoms with Gasteiger partial charge in [-0.25, -0.2) is 13.2 Å². The summed E-state index contributed by atoms with van der Waals surface area (Å²) in [6.45, 7) is 6.52. The number of ether oxygens (including phenoxy) is 1. The number of hydrogen-bond acceptors (Lipinski definition) is 4. The van der Waals surface area contributed by atoms with Crippen molar-refractivity contribution in [2.75, 3.05) is 13.1 Å². The molecule has 0 bridgehead atoms. The second-order valence-corrected chi connectivity index (χ2v) is 8.18. The van der Waals surface area contributed by atoms with Crippen LogP contribution in [0.2, 0.25) is 0 Å². The fourth-order valence-corrected chi connectivity index (χ4v) is 4.33. The second-order valence-electron chi connectivity index (χ2n) is 6.24. The highest BCUT2D eigenvalue weighted by molar-refractivity contribution is 7.89. The van der Waals surface area contributed by atoms with Crippen LogP contribution in [0.15, 0.2) is 23.1 Å². The van der Waals surface area contributed by atoms with Crippen molar-refractivity contribution < 1.29 is 23.1 Å². The van der Waals surface area contributed by atoms with Crippen molar-refractivity contribution in [2.45, 2.75) is 44.6 Å². The van der Waals surface area contributed by atoms with E-state index in [4.69, 9.17) is 4.74 Å². The SMILES string of the molecule is CC1CCCN(S(=O)(=O)c2ccc(OC(C)C)c(C(=O)O)c2)C1. The van der Waals surface area contributed by atoms with E-state index in [1.165, 1.54) is 22.5 Å². The molecule has 1 aromatic rings. The number of benzene rings is 1. The Kier molecular flexibility index (Phi) is 5.31. The van der Waals surface area contributed by atoms with Gasteiger partial charge in [0.25, 0.3) is 0 Å². The maximum atomic E-state index is 12.7. The van der Waals surface area contributed by atoms with E-state index in [2.05, 4.69) is 0 Å². The Morgan fingerprint density at radius 2 is 2.09 bits per heavy atom. The van der Waals surface area contributed by atoms with Gasteiger partial charge < -0.3 is 9.84 Å². The Morgan fingerprint density at radius 1 is 1.39 bits per heavy atom. The van der Waals surface area contributed by atoms with E-state index in [0.717, 1.165) is 12.8 Å². The van der Waals surface area contributed by atoms with Crippen molar-refractivity contribution in [3.63, 3.8) is 0 Å². The molecule has 0 saturated carbocycles. The molecule has 1 atom stereocenters. The van der Waals surface area contributed by atoms with Gasteiger partial charge in [0.15, 0.2) is 0 Å². The van der Waals surface area contributed by atoms with E-state index in [9.17, 15) is 18.3 Å². The molecular weight excluding hydrogens is 318 g/mol. The molecule has 1 N–H and O–H groups in total. The van der Waals surface area contributed by atoms with Gasteiger partial charge in [0, 0.05) is 13.1 Å². The highest BCUT2D eigenvalue weighted by atomic mass is 32.2. The van der Waals surface area contributed by atoms with E-state index in [-0.39, 0.29) is 22.3 Å². The van der Waals surface area contributed by atoms with E-state index < -0.39 is 16.0 Å². The van der Waals surface area contributed by atoms with Crippen LogP contribution in [0.5, 0.6) is 5.75 Å². The van der Waals surface area contributed by atoms with E-state index in [1.807, 2.05) is 6.92 Å². The van der Waals surface area contributed by atoms with Crippen LogP contribution < -0.4 is 4.74 Å². The third-order valence-corrected chi connectivity index (χ3v) is 5.66. The summed E-state index contributed by atoms with van der Waals surface area (Å²) in [5, 5.41) is 9.33. The molecule has 1 aliphatic heterocycles. The largest absolute Gasteiger partial charge is 0.490 e. The van der Waals surface area contributed by atoms with Gasteiger partial charge >= 0.3 is 5.97 Å². The average molecular weight is 341 g/mol. The molecule has 0 radical (unpaired) electrons. The van der Waals surface area contributed by atoms with Gasteiger partial charge in [0.05, 0.1) is 11.0 Å². The summed E-state index contributed by atoms with van der Waals surface area (Å²) >= 11 is 0. The molecule has 2 rings (SSSR count). The normalized spacial score (nSPS) is 19.7. The molecule has 0 amide bonds. The molecule has 1 unspecified atom stereocenters. The molecular formula is C16H23NO5S. The lowest BCUT2D eigenvalue weighted by Gasteiger charge is -2.30. The Labute approximate surface area is 137 Å². The van der Waals surface area contributed by atoms with Crippen LogP contribution >= 0.6 is 0 Å². The Hall–Kier alpha value is -1.60. The third kappa shape index (κ3) is 4.03. The number of sulfonamides is 1. The predicted molar refractivity (Wildman–Crippen MR) is 86.3 cm³/mol. The van der Waals surface area contributed by atoms with Gasteiger partial charge in [-0.2, -0.15) is 4.31 Å². The van der Waals surface area contributed by atoms with Crippen LogP contribution in [-0.2, 0) is 10.0 Å².